The Kier molecular flexibility index (Phi) is 7.69. The Bertz CT molecular complexity index is 1690. The molecule has 5 N–H and O–H groups in total. The number of carbonyl (C=O) groups is 2. The standard InChI is InChI=1S/C30H32F3N5O7/c1-11-7-14-8-16-18(10-34)38-17(21(37(16)4)19(14)23(40)25(11)44-5)9-15-20(24(41)26(45-6)12(2)22(15)39)27(38)36-28(42)13(3)35-29(43)30(31,32)33/h7,9,13,16,18,21,27,39-41H,8H2,1-6H3,(H,35,43)(H,36,42)/t13-,16-,18-,21-,27+/m0/s1. The van der Waals surface area contributed by atoms with Gasteiger partial charge in [-0.15, -0.1) is 0 Å². The number of alkyl halides is 3. The van der Waals surface area contributed by atoms with E-state index in [9.17, 15) is 43.3 Å². The minimum atomic E-state index is -5.24. The van der Waals surface area contributed by atoms with Gasteiger partial charge in [0.1, 0.15) is 24.0 Å². The molecule has 0 spiro atoms. The molecule has 0 radical (unpaired) electrons. The van der Waals surface area contributed by atoms with Gasteiger partial charge in [0.15, 0.2) is 23.0 Å². The molecule has 3 aliphatic rings. The summed E-state index contributed by atoms with van der Waals surface area (Å²) in [5.74, 6) is -4.19. The molecular weight excluding hydrogens is 599 g/mol. The van der Waals surface area contributed by atoms with Gasteiger partial charge in [-0.1, -0.05) is 6.07 Å². The zero-order valence-electron chi connectivity index (χ0n) is 25.2. The smallest absolute Gasteiger partial charge is 0.471 e. The normalized spacial score (nSPS) is 22.6. The van der Waals surface area contributed by atoms with E-state index in [0.717, 1.165) is 12.5 Å². The SMILES string of the molecule is COc1c(C)cc2c(c1O)[C@@H]1C3=Cc4c(O)c(C)c(OC)c(O)c4[C@H](NC(=O)[C@H](C)NC(=O)C(F)(F)F)N3[C@@H](C#N)[C@H](C2)N1C. The number of aryl methyl sites for hydroxylation is 1. The number of fused-ring (bicyclic) bond motifs is 7. The number of benzene rings is 2. The molecule has 1 fully saturated rings. The quantitative estimate of drug-likeness (QED) is 0.310. The van der Waals surface area contributed by atoms with Crippen LogP contribution in [0.1, 0.15) is 52.5 Å². The molecular formula is C30H32F3N5O7. The summed E-state index contributed by atoms with van der Waals surface area (Å²) in [5.41, 5.74) is 2.39. The lowest BCUT2D eigenvalue weighted by Gasteiger charge is -2.57. The summed E-state index contributed by atoms with van der Waals surface area (Å²) >= 11 is 0. The summed E-state index contributed by atoms with van der Waals surface area (Å²) in [5, 5.41) is 48.9. The van der Waals surface area contributed by atoms with Gasteiger partial charge in [0.05, 0.1) is 31.9 Å². The van der Waals surface area contributed by atoms with E-state index in [0.29, 0.717) is 23.2 Å². The Morgan fingerprint density at radius 3 is 2.29 bits per heavy atom. The number of likely N-dealkylation sites (N-methyl/N-ethyl adjacent to an activating group) is 1. The molecule has 12 nitrogen and oxygen atoms in total. The van der Waals surface area contributed by atoms with Crippen LogP contribution in [-0.4, -0.2) is 82.5 Å². The fourth-order valence-electron chi connectivity index (χ4n) is 6.72. The summed E-state index contributed by atoms with van der Waals surface area (Å²) in [6.07, 6.45) is -4.84. The van der Waals surface area contributed by atoms with Gasteiger partial charge in [-0.25, -0.2) is 0 Å². The molecule has 3 aliphatic heterocycles. The first-order chi connectivity index (χ1) is 21.1. The highest BCUT2D eigenvalue weighted by Crippen LogP contribution is 2.57. The highest BCUT2D eigenvalue weighted by Gasteiger charge is 2.53. The Hall–Kier alpha value is -4.84. The number of nitriles is 1. The minimum absolute atomic E-state index is 0.0589. The van der Waals surface area contributed by atoms with Crippen molar-refractivity contribution in [3.8, 4) is 34.8 Å². The maximum absolute atomic E-state index is 13.4. The maximum Gasteiger partial charge on any atom is 0.471 e. The van der Waals surface area contributed by atoms with E-state index in [2.05, 4.69) is 11.4 Å². The Morgan fingerprint density at radius 1 is 1.09 bits per heavy atom. The first-order valence-electron chi connectivity index (χ1n) is 13.9. The van der Waals surface area contributed by atoms with Crippen molar-refractivity contribution in [2.24, 2.45) is 0 Å². The topological polar surface area (TPSA) is 168 Å². The average molecular weight is 632 g/mol. The highest BCUT2D eigenvalue weighted by atomic mass is 19.4. The molecule has 0 unspecified atom stereocenters. The zero-order valence-corrected chi connectivity index (χ0v) is 25.2. The number of phenols is 3. The third kappa shape index (κ3) is 4.71. The number of halogens is 3. The molecule has 5 atom stereocenters. The van der Waals surface area contributed by atoms with Crippen LogP contribution in [0.5, 0.6) is 28.7 Å². The third-order valence-electron chi connectivity index (χ3n) is 8.81. The van der Waals surface area contributed by atoms with E-state index in [-0.39, 0.29) is 39.7 Å². The maximum atomic E-state index is 13.4. The number of phenolic OH excluding ortho intramolecular Hbond substituents is 3. The van der Waals surface area contributed by atoms with Crippen molar-refractivity contribution >= 4 is 17.9 Å². The number of ether oxygens (including phenoxy) is 2. The fraction of sp³-hybridized carbons (Fsp3) is 0.433. The van der Waals surface area contributed by atoms with Crippen LogP contribution in [0.25, 0.3) is 6.08 Å². The number of hydrogen-bond donors (Lipinski definition) is 5. The number of nitrogens with one attached hydrogen (secondary N) is 2. The summed E-state index contributed by atoms with van der Waals surface area (Å²) < 4.78 is 49.7. The Morgan fingerprint density at radius 2 is 1.71 bits per heavy atom. The Labute approximate surface area is 256 Å². The molecule has 0 aromatic heterocycles. The Balaban J connectivity index is 1.75. The molecule has 240 valence electrons. The second kappa shape index (κ2) is 11.0. The molecule has 1 saturated heterocycles. The molecule has 15 heteroatoms. The van der Waals surface area contributed by atoms with Gasteiger partial charge in [-0.3, -0.25) is 14.5 Å². The van der Waals surface area contributed by atoms with E-state index in [4.69, 9.17) is 9.47 Å². The lowest BCUT2D eigenvalue weighted by Crippen LogP contribution is -2.64. The van der Waals surface area contributed by atoms with Crippen LogP contribution >= 0.6 is 0 Å². The van der Waals surface area contributed by atoms with E-state index in [1.807, 2.05) is 11.0 Å². The first kappa shape index (κ1) is 31.6. The van der Waals surface area contributed by atoms with Crippen LogP contribution in [0, 0.1) is 25.2 Å². The van der Waals surface area contributed by atoms with Gasteiger partial charge in [0, 0.05) is 28.4 Å². The highest BCUT2D eigenvalue weighted by molar-refractivity contribution is 5.90. The van der Waals surface area contributed by atoms with Crippen molar-refractivity contribution in [1.29, 1.82) is 5.26 Å². The van der Waals surface area contributed by atoms with Crippen LogP contribution in [0.4, 0.5) is 13.2 Å². The molecule has 2 amide bonds. The third-order valence-corrected chi connectivity index (χ3v) is 8.81. The molecule has 45 heavy (non-hydrogen) atoms. The molecule has 0 saturated carbocycles. The van der Waals surface area contributed by atoms with Crippen LogP contribution < -0.4 is 20.1 Å². The van der Waals surface area contributed by atoms with Gasteiger partial charge in [0.2, 0.25) is 5.91 Å². The molecule has 5 rings (SSSR count). The van der Waals surface area contributed by atoms with Crippen LogP contribution in [-0.2, 0) is 16.0 Å². The number of amides is 2. The molecule has 2 aromatic rings. The molecule has 3 heterocycles. The van der Waals surface area contributed by atoms with Crippen LogP contribution in [0.2, 0.25) is 0 Å². The van der Waals surface area contributed by atoms with Gasteiger partial charge < -0.3 is 40.3 Å². The van der Waals surface area contributed by atoms with Crippen molar-refractivity contribution in [2.45, 2.75) is 63.7 Å². The molecule has 0 aliphatic carbocycles. The van der Waals surface area contributed by atoms with Crippen LogP contribution in [0.3, 0.4) is 0 Å². The first-order valence-corrected chi connectivity index (χ1v) is 13.9. The van der Waals surface area contributed by atoms with E-state index in [1.165, 1.54) is 32.1 Å². The van der Waals surface area contributed by atoms with E-state index >= 15 is 0 Å². The number of methoxy groups -OCH3 is 2. The second-order valence-electron chi connectivity index (χ2n) is 11.3. The van der Waals surface area contributed by atoms with Crippen molar-refractivity contribution in [3.63, 3.8) is 0 Å². The van der Waals surface area contributed by atoms with Crippen LogP contribution in [0.15, 0.2) is 11.8 Å². The van der Waals surface area contributed by atoms with Gasteiger partial charge in [-0.2, -0.15) is 18.4 Å². The summed E-state index contributed by atoms with van der Waals surface area (Å²) in [4.78, 5) is 28.4. The lowest BCUT2D eigenvalue weighted by atomic mass is 9.76. The zero-order chi connectivity index (χ0) is 33.3. The van der Waals surface area contributed by atoms with Crippen molar-refractivity contribution in [1.82, 2.24) is 20.4 Å². The predicted octanol–water partition coefficient (Wildman–Crippen LogP) is 2.78. The number of rotatable bonds is 5. The largest absolute Gasteiger partial charge is 0.507 e. The second-order valence-corrected chi connectivity index (χ2v) is 11.3. The summed E-state index contributed by atoms with van der Waals surface area (Å²) in [7, 11) is 4.44. The molecule has 2 bridgehead atoms. The van der Waals surface area contributed by atoms with Crippen molar-refractivity contribution < 1.29 is 47.6 Å². The van der Waals surface area contributed by atoms with Gasteiger partial charge in [0.25, 0.3) is 0 Å². The lowest BCUT2D eigenvalue weighted by molar-refractivity contribution is -0.174. The number of aromatic hydroxyl groups is 3. The monoisotopic (exact) mass is 631 g/mol. The van der Waals surface area contributed by atoms with Crippen molar-refractivity contribution in [2.75, 3.05) is 21.3 Å². The predicted molar refractivity (Wildman–Crippen MR) is 152 cm³/mol. The van der Waals surface area contributed by atoms with E-state index in [1.54, 1.807) is 19.3 Å². The van der Waals surface area contributed by atoms with Crippen molar-refractivity contribution in [3.05, 3.63) is 45.1 Å². The van der Waals surface area contributed by atoms with Gasteiger partial charge in [-0.05, 0) is 51.4 Å². The van der Waals surface area contributed by atoms with E-state index < -0.39 is 54.1 Å². The average Bonchev–Trinajstić information content (AvgIpc) is 2.96. The molecule has 2 aromatic carbocycles. The number of carbonyl (C=O) groups excluding carboxylic acids is 2. The number of piperazine rings is 1. The number of nitrogens with zero attached hydrogens (tertiary/aromatic N) is 3. The number of hydrogen-bond acceptors (Lipinski definition) is 10. The minimum Gasteiger partial charge on any atom is -0.507 e. The summed E-state index contributed by atoms with van der Waals surface area (Å²) in [6, 6.07) is 0.158. The fourth-order valence-corrected chi connectivity index (χ4v) is 6.72. The summed E-state index contributed by atoms with van der Waals surface area (Å²) in [6.45, 7) is 4.33. The van der Waals surface area contributed by atoms with Gasteiger partial charge >= 0.3 is 12.1 Å².